The van der Waals surface area contributed by atoms with Gasteiger partial charge in [-0.05, 0) is 55.1 Å². The van der Waals surface area contributed by atoms with Gasteiger partial charge in [-0.25, -0.2) is 0 Å². The molecule has 0 saturated carbocycles. The van der Waals surface area contributed by atoms with Gasteiger partial charge in [0.05, 0.1) is 6.54 Å². The lowest BCUT2D eigenvalue weighted by atomic mass is 10.1. The number of benzene rings is 2. The minimum absolute atomic E-state index is 0.0396. The first kappa shape index (κ1) is 19.6. The van der Waals surface area contributed by atoms with E-state index >= 15 is 0 Å². The number of carbonyl (C=O) groups is 2. The third kappa shape index (κ3) is 4.78. The summed E-state index contributed by atoms with van der Waals surface area (Å²) in [6.45, 7) is 1.52. The molecule has 0 unspecified atom stereocenters. The highest BCUT2D eigenvalue weighted by Crippen LogP contribution is 2.33. The lowest BCUT2D eigenvalue weighted by Crippen LogP contribution is -2.30. The van der Waals surface area contributed by atoms with E-state index in [1.807, 2.05) is 26.2 Å². The van der Waals surface area contributed by atoms with Crippen molar-refractivity contribution in [2.75, 3.05) is 39.1 Å². The predicted molar refractivity (Wildman–Crippen MR) is 110 cm³/mol. The standard InChI is InChI=1S/C22H25N3O3/c1-25(2)14-21-19-6-4-3-5-16(19)13-20(21)22(27)23-11-12-28-18-9-7-17(8-10-18)24-15-26/h3-10,15H,11-14H2,1-2H3,(H,23,27)(H,24,26). The summed E-state index contributed by atoms with van der Waals surface area (Å²) in [6.07, 6.45) is 1.29. The van der Waals surface area contributed by atoms with Crippen LogP contribution in [0.2, 0.25) is 0 Å². The van der Waals surface area contributed by atoms with Crippen LogP contribution < -0.4 is 15.4 Å². The maximum atomic E-state index is 12.7. The molecule has 0 aliphatic heterocycles. The molecule has 6 heteroatoms. The molecule has 0 radical (unpaired) electrons. The molecule has 0 aromatic heterocycles. The molecule has 2 N–H and O–H groups in total. The van der Waals surface area contributed by atoms with Crippen molar-refractivity contribution in [2.45, 2.75) is 6.42 Å². The van der Waals surface area contributed by atoms with Crippen LogP contribution in [-0.2, 0) is 16.0 Å². The molecule has 2 amide bonds. The summed E-state index contributed by atoms with van der Waals surface area (Å²) in [7, 11) is 4.01. The number of amides is 2. The molecule has 0 bridgehead atoms. The first-order valence-electron chi connectivity index (χ1n) is 9.24. The van der Waals surface area contributed by atoms with Gasteiger partial charge in [0.15, 0.2) is 0 Å². The van der Waals surface area contributed by atoms with Crippen LogP contribution in [0, 0.1) is 0 Å². The minimum Gasteiger partial charge on any atom is -0.492 e. The molecule has 146 valence electrons. The number of nitrogens with zero attached hydrogens (tertiary/aromatic N) is 1. The highest BCUT2D eigenvalue weighted by molar-refractivity contribution is 6.04. The maximum Gasteiger partial charge on any atom is 0.248 e. The average Bonchev–Trinajstić information content (AvgIpc) is 3.05. The van der Waals surface area contributed by atoms with Crippen LogP contribution in [0.4, 0.5) is 5.69 Å². The summed E-state index contributed by atoms with van der Waals surface area (Å²) in [5, 5.41) is 5.54. The Hall–Kier alpha value is -3.12. The Labute approximate surface area is 165 Å². The topological polar surface area (TPSA) is 70.7 Å². The summed E-state index contributed by atoms with van der Waals surface area (Å²) in [5.74, 6) is 0.647. The van der Waals surface area contributed by atoms with Gasteiger partial charge in [0.25, 0.3) is 0 Å². The largest absolute Gasteiger partial charge is 0.492 e. The second-order valence-electron chi connectivity index (χ2n) is 6.92. The highest BCUT2D eigenvalue weighted by atomic mass is 16.5. The Balaban J connectivity index is 1.56. The summed E-state index contributed by atoms with van der Waals surface area (Å²) in [4.78, 5) is 25.2. The molecule has 2 aromatic carbocycles. The van der Waals surface area contributed by atoms with E-state index in [2.05, 4.69) is 27.7 Å². The quantitative estimate of drug-likeness (QED) is 0.518. The Bertz CT molecular complexity index is 873. The molecule has 0 fully saturated rings. The van der Waals surface area contributed by atoms with Crippen LogP contribution in [0.3, 0.4) is 0 Å². The van der Waals surface area contributed by atoms with Crippen LogP contribution in [0.1, 0.15) is 11.1 Å². The predicted octanol–water partition coefficient (Wildman–Crippen LogP) is 2.32. The normalized spacial score (nSPS) is 12.7. The van der Waals surface area contributed by atoms with Crippen molar-refractivity contribution >= 4 is 23.6 Å². The molecule has 28 heavy (non-hydrogen) atoms. The van der Waals surface area contributed by atoms with Crippen LogP contribution in [-0.4, -0.2) is 51.0 Å². The number of hydrogen-bond donors (Lipinski definition) is 2. The van der Waals surface area contributed by atoms with Gasteiger partial charge in [0, 0.05) is 24.2 Å². The van der Waals surface area contributed by atoms with Crippen LogP contribution in [0.5, 0.6) is 5.75 Å². The van der Waals surface area contributed by atoms with Gasteiger partial charge >= 0.3 is 0 Å². The second kappa shape index (κ2) is 9.19. The molecule has 3 rings (SSSR count). The number of hydrogen-bond acceptors (Lipinski definition) is 4. The first-order chi connectivity index (χ1) is 13.6. The SMILES string of the molecule is CN(C)CC1=C(C(=O)NCCOc2ccc(NC=O)cc2)Cc2ccccc21. The summed E-state index contributed by atoms with van der Waals surface area (Å²) in [5.41, 5.74) is 5.00. The number of carbonyl (C=O) groups excluding carboxylic acids is 2. The van der Waals surface area contributed by atoms with Crippen molar-refractivity contribution in [1.29, 1.82) is 0 Å². The number of fused-ring (bicyclic) bond motifs is 1. The lowest BCUT2D eigenvalue weighted by molar-refractivity contribution is -0.117. The van der Waals surface area contributed by atoms with Gasteiger partial charge in [-0.1, -0.05) is 24.3 Å². The van der Waals surface area contributed by atoms with Gasteiger partial charge in [-0.3, -0.25) is 9.59 Å². The Morgan fingerprint density at radius 2 is 1.89 bits per heavy atom. The molecule has 2 aromatic rings. The van der Waals surface area contributed by atoms with E-state index in [1.54, 1.807) is 24.3 Å². The van der Waals surface area contributed by atoms with Crippen molar-refractivity contribution in [2.24, 2.45) is 0 Å². The van der Waals surface area contributed by atoms with Crippen LogP contribution >= 0.6 is 0 Å². The Morgan fingerprint density at radius 3 is 2.61 bits per heavy atom. The first-order valence-corrected chi connectivity index (χ1v) is 9.24. The lowest BCUT2D eigenvalue weighted by Gasteiger charge is -2.14. The molecular weight excluding hydrogens is 354 g/mol. The zero-order valence-corrected chi connectivity index (χ0v) is 16.2. The number of nitrogens with one attached hydrogen (secondary N) is 2. The Kier molecular flexibility index (Phi) is 6.45. The van der Waals surface area contributed by atoms with Gasteiger partial charge in [0.1, 0.15) is 12.4 Å². The average molecular weight is 379 g/mol. The van der Waals surface area contributed by atoms with Crippen molar-refractivity contribution in [3.63, 3.8) is 0 Å². The number of likely N-dealkylation sites (N-methyl/N-ethyl adjacent to an activating group) is 1. The fraction of sp³-hybridized carbons (Fsp3) is 0.273. The molecule has 0 saturated heterocycles. The zero-order chi connectivity index (χ0) is 19.9. The van der Waals surface area contributed by atoms with E-state index in [-0.39, 0.29) is 5.91 Å². The monoisotopic (exact) mass is 379 g/mol. The molecule has 1 aliphatic carbocycles. The summed E-state index contributed by atoms with van der Waals surface area (Å²) in [6, 6.07) is 15.3. The minimum atomic E-state index is -0.0396. The second-order valence-corrected chi connectivity index (χ2v) is 6.92. The molecule has 0 spiro atoms. The third-order valence-electron chi connectivity index (χ3n) is 4.56. The van der Waals surface area contributed by atoms with E-state index in [1.165, 1.54) is 11.1 Å². The molecule has 0 atom stereocenters. The number of ether oxygens (including phenoxy) is 1. The van der Waals surface area contributed by atoms with Crippen LogP contribution in [0.25, 0.3) is 5.57 Å². The molecular formula is C22H25N3O3. The van der Waals surface area contributed by atoms with Crippen molar-refractivity contribution in [3.05, 3.63) is 65.2 Å². The van der Waals surface area contributed by atoms with Gasteiger partial charge in [0.2, 0.25) is 12.3 Å². The number of rotatable bonds is 9. The third-order valence-corrected chi connectivity index (χ3v) is 4.56. The smallest absolute Gasteiger partial charge is 0.248 e. The summed E-state index contributed by atoms with van der Waals surface area (Å²) >= 11 is 0. The van der Waals surface area contributed by atoms with Gasteiger partial charge in [-0.2, -0.15) is 0 Å². The molecule has 6 nitrogen and oxygen atoms in total. The van der Waals surface area contributed by atoms with E-state index < -0.39 is 0 Å². The zero-order valence-electron chi connectivity index (χ0n) is 16.2. The summed E-state index contributed by atoms with van der Waals surface area (Å²) < 4.78 is 5.65. The van der Waals surface area contributed by atoms with Gasteiger partial charge < -0.3 is 20.3 Å². The van der Waals surface area contributed by atoms with Crippen molar-refractivity contribution in [3.8, 4) is 5.75 Å². The van der Waals surface area contributed by atoms with Crippen LogP contribution in [0.15, 0.2) is 54.1 Å². The molecule has 0 heterocycles. The van der Waals surface area contributed by atoms with Crippen molar-refractivity contribution < 1.29 is 14.3 Å². The number of anilines is 1. The van der Waals surface area contributed by atoms with E-state index in [0.29, 0.717) is 37.4 Å². The van der Waals surface area contributed by atoms with Gasteiger partial charge in [-0.15, -0.1) is 0 Å². The van der Waals surface area contributed by atoms with E-state index in [9.17, 15) is 9.59 Å². The van der Waals surface area contributed by atoms with Crippen molar-refractivity contribution in [1.82, 2.24) is 10.2 Å². The maximum absolute atomic E-state index is 12.7. The fourth-order valence-electron chi connectivity index (χ4n) is 3.30. The fourth-order valence-corrected chi connectivity index (χ4v) is 3.30. The Morgan fingerprint density at radius 1 is 1.14 bits per heavy atom. The highest BCUT2D eigenvalue weighted by Gasteiger charge is 2.25. The van der Waals surface area contributed by atoms with E-state index in [4.69, 9.17) is 4.74 Å². The van der Waals surface area contributed by atoms with E-state index in [0.717, 1.165) is 17.7 Å². The molecule has 1 aliphatic rings.